The largest absolute Gasteiger partial charge is 0.315 e. The van der Waals surface area contributed by atoms with Crippen LogP contribution in [-0.2, 0) is 16.9 Å². The number of nitrogens with one attached hydrogen (secondary N) is 1. The molecule has 8 heteroatoms. The van der Waals surface area contributed by atoms with Gasteiger partial charge >= 0.3 is 0 Å². The minimum atomic E-state index is -0.708. The summed E-state index contributed by atoms with van der Waals surface area (Å²) < 4.78 is 1.67. The predicted molar refractivity (Wildman–Crippen MR) is 163 cm³/mol. The number of unbranched alkanes of at least 4 members (excludes halogenated alkanes) is 3. The molecule has 212 valence electrons. The first-order chi connectivity index (χ1) is 20.0. The molecule has 2 aliphatic heterocycles. The fourth-order valence-corrected chi connectivity index (χ4v) is 8.10. The van der Waals surface area contributed by atoms with E-state index in [2.05, 4.69) is 114 Å². The Balaban J connectivity index is 1.36. The van der Waals surface area contributed by atoms with E-state index in [-0.39, 0.29) is 28.1 Å². The third kappa shape index (κ3) is 4.87. The van der Waals surface area contributed by atoms with E-state index in [4.69, 9.17) is 0 Å². The average Bonchev–Trinajstić information content (AvgIpc) is 3.56. The Hall–Kier alpha value is -3.49. The van der Waals surface area contributed by atoms with Gasteiger partial charge in [-0.3, -0.25) is 10.1 Å². The molecule has 4 aromatic rings. The maximum atomic E-state index is 14.2. The van der Waals surface area contributed by atoms with Crippen LogP contribution >= 0.6 is 11.8 Å². The highest BCUT2D eigenvalue weighted by Crippen LogP contribution is 2.57. The number of nitrogens with zero attached hydrogens (tertiary/aromatic N) is 5. The second-order valence-corrected chi connectivity index (χ2v) is 13.3. The standard InChI is InChI=1S/C33H38N6OS/c1-4-5-6-16-23-38-29(35-36-37-38)28-32(2,3)41-31-27(30(40)39(28)31)34-33(24-17-10-7-11-18-24,25-19-12-8-13-20-25)26-21-14-9-15-22-26/h7-15,17-22,27-28,31,34H,4-6,16,23H2,1-3H3/t27?,28?,31-/m0/s1. The number of amides is 1. The van der Waals surface area contributed by atoms with Crippen molar-refractivity contribution in [2.45, 2.75) is 80.7 Å². The summed E-state index contributed by atoms with van der Waals surface area (Å²) in [5, 5.41) is 16.7. The molecule has 0 aliphatic carbocycles. The van der Waals surface area contributed by atoms with Crippen molar-refractivity contribution in [3.05, 3.63) is 114 Å². The topological polar surface area (TPSA) is 75.9 Å². The Bertz CT molecular complexity index is 1360. The monoisotopic (exact) mass is 566 g/mol. The van der Waals surface area contributed by atoms with Crippen LogP contribution in [0.1, 0.15) is 75.0 Å². The maximum Gasteiger partial charge on any atom is 0.244 e. The normalized spacial score (nSPS) is 21.5. The third-order valence-corrected chi connectivity index (χ3v) is 10.0. The van der Waals surface area contributed by atoms with E-state index in [1.165, 1.54) is 12.8 Å². The van der Waals surface area contributed by atoms with E-state index in [1.807, 2.05) is 39.5 Å². The second-order valence-electron chi connectivity index (χ2n) is 11.6. The first-order valence-electron chi connectivity index (χ1n) is 14.7. The number of rotatable bonds is 11. The van der Waals surface area contributed by atoms with Crippen LogP contribution in [0.5, 0.6) is 0 Å². The van der Waals surface area contributed by atoms with Crippen molar-refractivity contribution in [2.75, 3.05) is 0 Å². The third-order valence-electron chi connectivity index (χ3n) is 8.46. The molecule has 0 saturated carbocycles. The molecular formula is C33H38N6OS. The molecule has 0 radical (unpaired) electrons. The zero-order chi connectivity index (χ0) is 28.5. The molecule has 2 unspecified atom stereocenters. The number of carbonyl (C=O) groups excluding carboxylic acids is 1. The molecule has 2 fully saturated rings. The summed E-state index contributed by atoms with van der Waals surface area (Å²) in [7, 11) is 0. The lowest BCUT2D eigenvalue weighted by atomic mass is 9.76. The number of β-lactam (4-membered cyclic amide) rings is 1. The molecule has 6 rings (SSSR count). The quantitative estimate of drug-likeness (QED) is 0.138. The highest BCUT2D eigenvalue weighted by molar-refractivity contribution is 8.01. The number of fused-ring (bicyclic) bond motifs is 1. The molecule has 2 aliphatic rings. The van der Waals surface area contributed by atoms with Gasteiger partial charge in [-0.25, -0.2) is 4.68 Å². The summed E-state index contributed by atoms with van der Waals surface area (Å²) in [5.74, 6) is 0.875. The van der Waals surface area contributed by atoms with E-state index in [0.29, 0.717) is 0 Å². The molecule has 1 N–H and O–H groups in total. The van der Waals surface area contributed by atoms with Crippen molar-refractivity contribution in [1.82, 2.24) is 30.4 Å². The highest BCUT2D eigenvalue weighted by atomic mass is 32.2. The molecule has 1 amide bonds. The summed E-state index contributed by atoms with van der Waals surface area (Å²) in [5.41, 5.74) is 2.58. The number of benzene rings is 3. The van der Waals surface area contributed by atoms with Gasteiger partial charge < -0.3 is 4.90 Å². The summed E-state index contributed by atoms with van der Waals surface area (Å²) >= 11 is 1.84. The van der Waals surface area contributed by atoms with E-state index < -0.39 is 5.54 Å². The van der Waals surface area contributed by atoms with Gasteiger partial charge in [-0.2, -0.15) is 0 Å². The molecule has 3 atom stereocenters. The van der Waals surface area contributed by atoms with Crippen molar-refractivity contribution in [2.24, 2.45) is 0 Å². The fourth-order valence-electron chi connectivity index (χ4n) is 6.47. The first kappa shape index (κ1) is 27.7. The van der Waals surface area contributed by atoms with Gasteiger partial charge in [0.2, 0.25) is 5.91 Å². The van der Waals surface area contributed by atoms with Crippen LogP contribution in [0.3, 0.4) is 0 Å². The van der Waals surface area contributed by atoms with Crippen LogP contribution in [0, 0.1) is 0 Å². The minimum absolute atomic E-state index is 0.0387. The van der Waals surface area contributed by atoms with Crippen LogP contribution in [0.4, 0.5) is 0 Å². The summed E-state index contributed by atoms with van der Waals surface area (Å²) in [4.78, 5) is 16.2. The van der Waals surface area contributed by atoms with Crippen LogP contribution in [-0.4, -0.2) is 47.2 Å². The SMILES string of the molecule is CCCCCCn1nnnc1C1N2C(=O)C(NC(c3ccccc3)(c3ccccc3)c3ccccc3)[C@@H]2SC1(C)C. The van der Waals surface area contributed by atoms with Crippen molar-refractivity contribution >= 4 is 17.7 Å². The molecule has 41 heavy (non-hydrogen) atoms. The van der Waals surface area contributed by atoms with Gasteiger partial charge in [0.15, 0.2) is 5.82 Å². The van der Waals surface area contributed by atoms with Gasteiger partial charge in [0.1, 0.15) is 17.5 Å². The molecule has 2 saturated heterocycles. The Kier molecular flexibility index (Phi) is 7.70. The van der Waals surface area contributed by atoms with Crippen molar-refractivity contribution in [1.29, 1.82) is 0 Å². The Morgan fingerprint density at radius 3 is 1.95 bits per heavy atom. The number of tetrazole rings is 1. The lowest BCUT2D eigenvalue weighted by molar-refractivity contribution is -0.150. The van der Waals surface area contributed by atoms with Gasteiger partial charge in [0.05, 0.1) is 5.54 Å². The lowest BCUT2D eigenvalue weighted by Crippen LogP contribution is -2.70. The molecule has 3 aromatic carbocycles. The smallest absolute Gasteiger partial charge is 0.244 e. The highest BCUT2D eigenvalue weighted by Gasteiger charge is 2.64. The molecule has 0 bridgehead atoms. The van der Waals surface area contributed by atoms with E-state index in [1.54, 1.807) is 0 Å². The number of aryl methyl sites for hydroxylation is 1. The second kappa shape index (κ2) is 11.4. The van der Waals surface area contributed by atoms with Crippen molar-refractivity contribution in [3.63, 3.8) is 0 Å². The Labute approximate surface area is 246 Å². The van der Waals surface area contributed by atoms with Crippen LogP contribution < -0.4 is 5.32 Å². The van der Waals surface area contributed by atoms with E-state index in [0.717, 1.165) is 41.9 Å². The molecule has 7 nitrogen and oxygen atoms in total. The van der Waals surface area contributed by atoms with E-state index >= 15 is 0 Å². The van der Waals surface area contributed by atoms with Crippen LogP contribution in [0.2, 0.25) is 0 Å². The predicted octanol–water partition coefficient (Wildman–Crippen LogP) is 5.94. The van der Waals surface area contributed by atoms with Gasteiger partial charge in [0, 0.05) is 11.3 Å². The summed E-state index contributed by atoms with van der Waals surface area (Å²) in [6, 6.07) is 30.8. The number of hydrogen-bond acceptors (Lipinski definition) is 6. The van der Waals surface area contributed by atoms with Crippen LogP contribution in [0.15, 0.2) is 91.0 Å². The number of carbonyl (C=O) groups is 1. The van der Waals surface area contributed by atoms with Crippen molar-refractivity contribution < 1.29 is 4.79 Å². The van der Waals surface area contributed by atoms with Gasteiger partial charge in [0.25, 0.3) is 0 Å². The fraction of sp³-hybridized carbons (Fsp3) is 0.394. The number of aromatic nitrogens is 4. The Morgan fingerprint density at radius 2 is 1.41 bits per heavy atom. The molecule has 1 aromatic heterocycles. The maximum absolute atomic E-state index is 14.2. The summed E-state index contributed by atoms with van der Waals surface area (Å²) in [6.07, 6.45) is 4.57. The number of hydrogen-bond donors (Lipinski definition) is 1. The minimum Gasteiger partial charge on any atom is -0.315 e. The first-order valence-corrected chi connectivity index (χ1v) is 15.6. The van der Waals surface area contributed by atoms with Crippen molar-refractivity contribution in [3.8, 4) is 0 Å². The Morgan fingerprint density at radius 1 is 0.854 bits per heavy atom. The average molecular weight is 567 g/mol. The van der Waals surface area contributed by atoms with Gasteiger partial charge in [-0.1, -0.05) is 117 Å². The zero-order valence-electron chi connectivity index (χ0n) is 24.0. The molecule has 3 heterocycles. The zero-order valence-corrected chi connectivity index (χ0v) is 24.8. The van der Waals surface area contributed by atoms with Crippen LogP contribution in [0.25, 0.3) is 0 Å². The lowest BCUT2D eigenvalue weighted by Gasteiger charge is -2.49. The summed E-state index contributed by atoms with van der Waals surface area (Å²) in [6.45, 7) is 7.40. The molecular weight excluding hydrogens is 528 g/mol. The molecule has 0 spiro atoms. The van der Waals surface area contributed by atoms with Gasteiger partial charge in [-0.15, -0.1) is 16.9 Å². The number of thioether (sulfide) groups is 1. The van der Waals surface area contributed by atoms with E-state index in [9.17, 15) is 4.79 Å². The van der Waals surface area contributed by atoms with Gasteiger partial charge in [-0.05, 0) is 47.4 Å².